The van der Waals surface area contributed by atoms with Gasteiger partial charge in [0.1, 0.15) is 0 Å². The molecule has 1 fully saturated rings. The summed E-state index contributed by atoms with van der Waals surface area (Å²) in [7, 11) is 4.05. The van der Waals surface area contributed by atoms with Crippen molar-refractivity contribution in [2.24, 2.45) is 12.0 Å². The summed E-state index contributed by atoms with van der Waals surface area (Å²) < 4.78 is 13.5. The molecule has 0 amide bonds. The van der Waals surface area contributed by atoms with E-state index in [1.807, 2.05) is 30.9 Å². The summed E-state index contributed by atoms with van der Waals surface area (Å²) >= 11 is 6.12. The van der Waals surface area contributed by atoms with Crippen molar-refractivity contribution in [2.45, 2.75) is 45.6 Å². The van der Waals surface area contributed by atoms with E-state index in [-0.39, 0.29) is 0 Å². The van der Waals surface area contributed by atoms with Gasteiger partial charge < -0.3 is 24.3 Å². The summed E-state index contributed by atoms with van der Waals surface area (Å²) in [5.41, 5.74) is 3.50. The Morgan fingerprint density at radius 2 is 2.07 bits per heavy atom. The number of aromatic nitrogens is 1. The van der Waals surface area contributed by atoms with Crippen LogP contribution in [-0.4, -0.2) is 48.3 Å². The molecule has 1 aliphatic rings. The van der Waals surface area contributed by atoms with Crippen molar-refractivity contribution >= 4 is 17.6 Å². The Morgan fingerprint density at radius 1 is 1.30 bits per heavy atom. The van der Waals surface area contributed by atoms with E-state index in [9.17, 15) is 0 Å². The van der Waals surface area contributed by atoms with Gasteiger partial charge in [0, 0.05) is 45.7 Å². The summed E-state index contributed by atoms with van der Waals surface area (Å²) in [4.78, 5) is 6.96. The second-order valence-electron chi connectivity index (χ2n) is 7.73. The molecule has 0 saturated carbocycles. The number of guanidine groups is 1. The van der Waals surface area contributed by atoms with Crippen molar-refractivity contribution < 1.29 is 9.47 Å². The fourth-order valence-corrected chi connectivity index (χ4v) is 3.82. The van der Waals surface area contributed by atoms with Gasteiger partial charge in [0.05, 0.1) is 30.8 Å². The molecule has 1 saturated heterocycles. The van der Waals surface area contributed by atoms with Gasteiger partial charge in [-0.3, -0.25) is 0 Å². The van der Waals surface area contributed by atoms with Crippen LogP contribution < -0.4 is 5.32 Å². The van der Waals surface area contributed by atoms with Crippen molar-refractivity contribution in [2.75, 3.05) is 26.8 Å². The maximum Gasteiger partial charge on any atom is 0.194 e. The minimum absolute atomic E-state index is 0.306. The van der Waals surface area contributed by atoms with Crippen LogP contribution in [0.25, 0.3) is 0 Å². The van der Waals surface area contributed by atoms with Crippen molar-refractivity contribution in [3.8, 4) is 0 Å². The Hall–Kier alpha value is -2.02. The maximum absolute atomic E-state index is 6.12. The number of benzene rings is 1. The summed E-state index contributed by atoms with van der Waals surface area (Å²) in [6, 6.07) is 10.5. The minimum Gasteiger partial charge on any atom is -0.381 e. The Balaban J connectivity index is 1.60. The lowest BCUT2D eigenvalue weighted by Gasteiger charge is -2.23. The van der Waals surface area contributed by atoms with E-state index in [0.29, 0.717) is 19.3 Å². The summed E-state index contributed by atoms with van der Waals surface area (Å²) in [5.74, 6) is 0.874. The molecule has 1 aliphatic heterocycles. The normalized spacial score (nSPS) is 15.4. The average molecular weight is 433 g/mol. The Morgan fingerprint density at radius 3 is 2.77 bits per heavy atom. The molecule has 0 unspecified atom stereocenters. The maximum atomic E-state index is 6.12. The fourth-order valence-electron chi connectivity index (χ4n) is 3.55. The number of ether oxygens (including phenoxy) is 2. The molecule has 1 N–H and O–H groups in total. The fraction of sp³-hybridized carbons (Fsp3) is 0.522. The van der Waals surface area contributed by atoms with Gasteiger partial charge in [-0.05, 0) is 37.0 Å². The van der Waals surface area contributed by atoms with Crippen LogP contribution in [-0.2, 0) is 36.2 Å². The van der Waals surface area contributed by atoms with Crippen molar-refractivity contribution in [1.82, 2.24) is 14.8 Å². The lowest BCUT2D eigenvalue weighted by atomic mass is 10.1. The van der Waals surface area contributed by atoms with Crippen molar-refractivity contribution in [3.63, 3.8) is 0 Å². The van der Waals surface area contributed by atoms with Gasteiger partial charge >= 0.3 is 0 Å². The van der Waals surface area contributed by atoms with Crippen LogP contribution in [0.5, 0.6) is 0 Å². The lowest BCUT2D eigenvalue weighted by Crippen LogP contribution is -2.38. The second-order valence-corrected chi connectivity index (χ2v) is 8.17. The quantitative estimate of drug-likeness (QED) is 0.506. The highest BCUT2D eigenvalue weighted by atomic mass is 35.5. The number of hydrogen-bond acceptors (Lipinski definition) is 3. The van der Waals surface area contributed by atoms with E-state index < -0.39 is 0 Å². The van der Waals surface area contributed by atoms with Gasteiger partial charge in [0.2, 0.25) is 0 Å². The molecule has 2 heterocycles. The topological polar surface area (TPSA) is 51.0 Å². The third-order valence-electron chi connectivity index (χ3n) is 5.23. The Labute approximate surface area is 184 Å². The van der Waals surface area contributed by atoms with Gasteiger partial charge in [-0.1, -0.05) is 35.9 Å². The first-order valence-corrected chi connectivity index (χ1v) is 11.0. The van der Waals surface area contributed by atoms with Crippen LogP contribution in [0.15, 0.2) is 41.5 Å². The molecular formula is C23H33ClN4O2. The van der Waals surface area contributed by atoms with Crippen LogP contribution in [0.2, 0.25) is 5.02 Å². The third-order valence-corrected chi connectivity index (χ3v) is 5.43. The first kappa shape index (κ1) is 22.7. The zero-order valence-corrected chi connectivity index (χ0v) is 19.0. The molecule has 0 atom stereocenters. The van der Waals surface area contributed by atoms with Crippen molar-refractivity contribution in [3.05, 3.63) is 58.4 Å². The summed E-state index contributed by atoms with van der Waals surface area (Å²) in [6.07, 6.45) is 4.19. The Bertz CT molecular complexity index is 830. The van der Waals surface area contributed by atoms with E-state index in [1.54, 1.807) is 0 Å². The second kappa shape index (κ2) is 11.4. The number of halogens is 1. The number of rotatable bonds is 8. The van der Waals surface area contributed by atoms with Crippen LogP contribution in [0.4, 0.5) is 0 Å². The SMILES string of the molecule is CCNC(=NCc1cccc(COC2CCOCC2)c1)N(C)Cc1cc(Cl)cn1C. The molecule has 0 radical (unpaired) electrons. The molecule has 0 aliphatic carbocycles. The number of nitrogens with one attached hydrogen (secondary N) is 1. The number of nitrogens with zero attached hydrogens (tertiary/aromatic N) is 3. The molecule has 2 aromatic rings. The number of aryl methyl sites for hydroxylation is 1. The summed E-state index contributed by atoms with van der Waals surface area (Å²) in [6.45, 7) is 6.48. The highest BCUT2D eigenvalue weighted by Crippen LogP contribution is 2.16. The lowest BCUT2D eigenvalue weighted by molar-refractivity contribution is -0.0390. The number of hydrogen-bond donors (Lipinski definition) is 1. The molecule has 6 nitrogen and oxygen atoms in total. The Kier molecular flexibility index (Phi) is 8.61. The molecule has 7 heteroatoms. The van der Waals surface area contributed by atoms with E-state index in [2.05, 4.69) is 41.4 Å². The van der Waals surface area contributed by atoms with Gasteiger partial charge in [-0.2, -0.15) is 0 Å². The average Bonchev–Trinajstić information content (AvgIpc) is 3.07. The predicted octanol–water partition coefficient (Wildman–Crippen LogP) is 3.97. The van der Waals surface area contributed by atoms with Crippen molar-refractivity contribution in [1.29, 1.82) is 0 Å². The van der Waals surface area contributed by atoms with Gasteiger partial charge in [0.25, 0.3) is 0 Å². The highest BCUT2D eigenvalue weighted by molar-refractivity contribution is 6.30. The molecule has 0 bridgehead atoms. The van der Waals surface area contributed by atoms with E-state index in [0.717, 1.165) is 55.8 Å². The molecule has 3 rings (SSSR count). The largest absolute Gasteiger partial charge is 0.381 e. The molecule has 1 aromatic heterocycles. The third kappa shape index (κ3) is 6.76. The first-order chi connectivity index (χ1) is 14.5. The van der Waals surface area contributed by atoms with E-state index in [1.165, 1.54) is 11.1 Å². The predicted molar refractivity (Wildman–Crippen MR) is 122 cm³/mol. The molecule has 1 aromatic carbocycles. The van der Waals surface area contributed by atoms with Crippen LogP contribution in [0.3, 0.4) is 0 Å². The monoisotopic (exact) mass is 432 g/mol. The zero-order chi connectivity index (χ0) is 21.3. The highest BCUT2D eigenvalue weighted by Gasteiger charge is 2.14. The van der Waals surface area contributed by atoms with Crippen LogP contribution >= 0.6 is 11.6 Å². The summed E-state index contributed by atoms with van der Waals surface area (Å²) in [5, 5.41) is 4.13. The molecule has 30 heavy (non-hydrogen) atoms. The van der Waals surface area contributed by atoms with Gasteiger partial charge in [0.15, 0.2) is 5.96 Å². The van der Waals surface area contributed by atoms with Crippen LogP contribution in [0.1, 0.15) is 36.6 Å². The standard InChI is InChI=1S/C23H33ClN4O2/c1-4-25-23(28(3)16-21-13-20(24)15-27(21)2)26-14-18-6-5-7-19(12-18)17-30-22-8-10-29-11-9-22/h5-7,12-13,15,22H,4,8-11,14,16-17H2,1-3H3,(H,25,26). The van der Waals surface area contributed by atoms with E-state index >= 15 is 0 Å². The van der Waals surface area contributed by atoms with E-state index in [4.69, 9.17) is 26.1 Å². The number of aliphatic imine (C=N–C) groups is 1. The van der Waals surface area contributed by atoms with Crippen LogP contribution in [0, 0.1) is 0 Å². The first-order valence-electron chi connectivity index (χ1n) is 10.6. The molecule has 164 valence electrons. The van der Waals surface area contributed by atoms with Gasteiger partial charge in [-0.25, -0.2) is 4.99 Å². The van der Waals surface area contributed by atoms with Gasteiger partial charge in [-0.15, -0.1) is 0 Å². The molecular weight excluding hydrogens is 400 g/mol. The zero-order valence-electron chi connectivity index (χ0n) is 18.2. The molecule has 0 spiro atoms. The minimum atomic E-state index is 0.306. The smallest absolute Gasteiger partial charge is 0.194 e.